The molecule has 1 aliphatic rings. The zero-order valence-electron chi connectivity index (χ0n) is 16.0. The lowest BCUT2D eigenvalue weighted by atomic mass is 10.1. The maximum atomic E-state index is 13.0. The molecule has 2 aromatic carbocycles. The Labute approximate surface area is 164 Å². The fourth-order valence-electron chi connectivity index (χ4n) is 3.29. The molecule has 6 nitrogen and oxygen atoms in total. The van der Waals surface area contributed by atoms with Gasteiger partial charge in [0.05, 0.1) is 0 Å². The van der Waals surface area contributed by atoms with E-state index < -0.39 is 0 Å². The number of piperazine rings is 1. The monoisotopic (exact) mass is 384 g/mol. The molecule has 1 saturated heterocycles. The van der Waals surface area contributed by atoms with Crippen molar-refractivity contribution >= 4 is 23.2 Å². The molecule has 2 amide bonds. The lowest BCUT2D eigenvalue weighted by Crippen LogP contribution is -2.49. The Kier molecular flexibility index (Phi) is 6.13. The molecule has 0 unspecified atom stereocenters. The Morgan fingerprint density at radius 2 is 1.75 bits per heavy atom. The minimum absolute atomic E-state index is 0.0170. The Morgan fingerprint density at radius 1 is 1.07 bits per heavy atom. The Hall–Kier alpha value is -3.09. The van der Waals surface area contributed by atoms with Crippen LogP contribution in [0, 0.1) is 12.7 Å². The second kappa shape index (κ2) is 8.73. The van der Waals surface area contributed by atoms with Crippen molar-refractivity contribution in [1.82, 2.24) is 10.2 Å². The zero-order valence-corrected chi connectivity index (χ0v) is 16.0. The maximum Gasteiger partial charge on any atom is 0.251 e. The number of nitrogens with two attached hydrogens (primary N) is 1. The average molecular weight is 384 g/mol. The molecule has 0 aromatic heterocycles. The largest absolute Gasteiger partial charge is 0.399 e. The van der Waals surface area contributed by atoms with E-state index in [1.165, 1.54) is 12.1 Å². The van der Waals surface area contributed by atoms with Crippen LogP contribution < -0.4 is 16.0 Å². The third-order valence-corrected chi connectivity index (χ3v) is 4.95. The standard InChI is InChI=1S/C21H25FN4O2/c1-15-2-5-17(23)14-19(15)21(28)24-9-8-20(27)26-12-10-25(11-13-26)18-6-3-16(22)4-7-18/h2-7,14H,8-13,23H2,1H3,(H,24,28). The van der Waals surface area contributed by atoms with Crippen molar-refractivity contribution in [2.24, 2.45) is 0 Å². The Morgan fingerprint density at radius 3 is 2.43 bits per heavy atom. The molecule has 0 bridgehead atoms. The van der Waals surface area contributed by atoms with E-state index in [1.807, 2.05) is 6.92 Å². The van der Waals surface area contributed by atoms with E-state index in [0.29, 0.717) is 37.4 Å². The van der Waals surface area contributed by atoms with Gasteiger partial charge >= 0.3 is 0 Å². The van der Waals surface area contributed by atoms with Crippen molar-refractivity contribution in [2.45, 2.75) is 13.3 Å². The van der Waals surface area contributed by atoms with Crippen molar-refractivity contribution in [2.75, 3.05) is 43.4 Å². The summed E-state index contributed by atoms with van der Waals surface area (Å²) in [6.07, 6.45) is 0.254. The van der Waals surface area contributed by atoms with Gasteiger partial charge in [0.2, 0.25) is 5.91 Å². The predicted octanol–water partition coefficient (Wildman–Crippen LogP) is 2.19. The van der Waals surface area contributed by atoms with Gasteiger partial charge in [-0.15, -0.1) is 0 Å². The summed E-state index contributed by atoms with van der Waals surface area (Å²) in [5.74, 6) is -0.463. The number of nitrogens with zero attached hydrogens (tertiary/aromatic N) is 2. The van der Waals surface area contributed by atoms with Crippen LogP contribution in [0.3, 0.4) is 0 Å². The summed E-state index contributed by atoms with van der Waals surface area (Å²) in [5.41, 5.74) is 8.60. The molecular weight excluding hydrogens is 359 g/mol. The number of anilines is 2. The van der Waals surface area contributed by atoms with Crippen molar-refractivity contribution in [3.05, 3.63) is 59.4 Å². The van der Waals surface area contributed by atoms with E-state index in [4.69, 9.17) is 5.73 Å². The summed E-state index contributed by atoms with van der Waals surface area (Å²) in [6.45, 7) is 4.75. The van der Waals surface area contributed by atoms with Crippen LogP contribution in [0.25, 0.3) is 0 Å². The SMILES string of the molecule is Cc1ccc(N)cc1C(=O)NCCC(=O)N1CCN(c2ccc(F)cc2)CC1. The molecule has 3 N–H and O–H groups in total. The first kappa shape index (κ1) is 19.7. The van der Waals surface area contributed by atoms with Gasteiger partial charge in [-0.2, -0.15) is 0 Å². The number of aryl methyl sites for hydroxylation is 1. The first-order valence-electron chi connectivity index (χ1n) is 9.36. The average Bonchev–Trinajstić information content (AvgIpc) is 2.70. The lowest BCUT2D eigenvalue weighted by molar-refractivity contribution is -0.131. The summed E-state index contributed by atoms with van der Waals surface area (Å²) < 4.78 is 13.0. The number of amides is 2. The molecule has 0 atom stereocenters. The van der Waals surface area contributed by atoms with E-state index in [2.05, 4.69) is 10.2 Å². The van der Waals surface area contributed by atoms with Gasteiger partial charge in [-0.3, -0.25) is 9.59 Å². The van der Waals surface area contributed by atoms with Crippen LogP contribution in [0.4, 0.5) is 15.8 Å². The van der Waals surface area contributed by atoms with Gasteiger partial charge in [0.25, 0.3) is 5.91 Å². The minimum Gasteiger partial charge on any atom is -0.399 e. The van der Waals surface area contributed by atoms with Gasteiger partial charge in [0.1, 0.15) is 5.82 Å². The van der Waals surface area contributed by atoms with Crippen LogP contribution >= 0.6 is 0 Å². The van der Waals surface area contributed by atoms with E-state index in [9.17, 15) is 14.0 Å². The third kappa shape index (κ3) is 4.79. The molecule has 0 radical (unpaired) electrons. The van der Waals surface area contributed by atoms with Crippen molar-refractivity contribution in [1.29, 1.82) is 0 Å². The number of nitrogens with one attached hydrogen (secondary N) is 1. The van der Waals surface area contributed by atoms with Crippen LogP contribution in [0.15, 0.2) is 42.5 Å². The number of benzene rings is 2. The number of rotatable bonds is 5. The molecule has 1 fully saturated rings. The molecule has 3 rings (SSSR count). The quantitative estimate of drug-likeness (QED) is 0.775. The third-order valence-electron chi connectivity index (χ3n) is 4.95. The Balaban J connectivity index is 1.44. The number of carbonyl (C=O) groups excluding carboxylic acids is 2. The molecular formula is C21H25FN4O2. The first-order chi connectivity index (χ1) is 13.4. The normalized spacial score (nSPS) is 14.1. The van der Waals surface area contributed by atoms with Gasteiger partial charge < -0.3 is 20.9 Å². The topological polar surface area (TPSA) is 78.7 Å². The highest BCUT2D eigenvalue weighted by molar-refractivity contribution is 5.96. The maximum absolute atomic E-state index is 13.0. The summed E-state index contributed by atoms with van der Waals surface area (Å²) in [7, 11) is 0. The van der Waals surface area contributed by atoms with Gasteiger partial charge in [0.15, 0.2) is 0 Å². The minimum atomic E-state index is -0.256. The smallest absolute Gasteiger partial charge is 0.251 e. The molecule has 0 spiro atoms. The fourth-order valence-corrected chi connectivity index (χ4v) is 3.29. The summed E-state index contributed by atoms with van der Waals surface area (Å²) in [4.78, 5) is 28.6. The molecule has 7 heteroatoms. The highest BCUT2D eigenvalue weighted by Crippen LogP contribution is 2.17. The van der Waals surface area contributed by atoms with Crippen molar-refractivity contribution < 1.29 is 14.0 Å². The highest BCUT2D eigenvalue weighted by Gasteiger charge is 2.21. The number of halogens is 1. The zero-order chi connectivity index (χ0) is 20.1. The second-order valence-electron chi connectivity index (χ2n) is 6.92. The van der Waals surface area contributed by atoms with Crippen LogP contribution in [-0.4, -0.2) is 49.4 Å². The second-order valence-corrected chi connectivity index (χ2v) is 6.92. The molecule has 1 heterocycles. The molecule has 28 heavy (non-hydrogen) atoms. The van der Waals surface area contributed by atoms with Gasteiger partial charge in [-0.05, 0) is 48.9 Å². The van der Waals surface area contributed by atoms with E-state index in [-0.39, 0.29) is 30.6 Å². The summed E-state index contributed by atoms with van der Waals surface area (Å²) in [6, 6.07) is 11.6. The van der Waals surface area contributed by atoms with Crippen molar-refractivity contribution in [3.8, 4) is 0 Å². The molecule has 0 saturated carbocycles. The molecule has 2 aromatic rings. The van der Waals surface area contributed by atoms with Crippen LogP contribution in [-0.2, 0) is 4.79 Å². The number of carbonyl (C=O) groups is 2. The van der Waals surface area contributed by atoms with Gasteiger partial charge in [-0.25, -0.2) is 4.39 Å². The van der Waals surface area contributed by atoms with E-state index in [0.717, 1.165) is 11.3 Å². The fraction of sp³-hybridized carbons (Fsp3) is 0.333. The molecule has 148 valence electrons. The van der Waals surface area contributed by atoms with E-state index in [1.54, 1.807) is 35.2 Å². The number of hydrogen-bond donors (Lipinski definition) is 2. The first-order valence-corrected chi connectivity index (χ1v) is 9.36. The highest BCUT2D eigenvalue weighted by atomic mass is 19.1. The van der Waals surface area contributed by atoms with Gasteiger partial charge in [-0.1, -0.05) is 6.07 Å². The van der Waals surface area contributed by atoms with Gasteiger partial charge in [0, 0.05) is 56.1 Å². The predicted molar refractivity (Wildman–Crippen MR) is 108 cm³/mol. The number of hydrogen-bond acceptors (Lipinski definition) is 4. The van der Waals surface area contributed by atoms with E-state index >= 15 is 0 Å². The summed E-state index contributed by atoms with van der Waals surface area (Å²) >= 11 is 0. The molecule has 0 aliphatic carbocycles. The van der Waals surface area contributed by atoms with Crippen LogP contribution in [0.5, 0.6) is 0 Å². The number of nitrogen functional groups attached to an aromatic ring is 1. The molecule has 1 aliphatic heterocycles. The lowest BCUT2D eigenvalue weighted by Gasteiger charge is -2.36. The summed E-state index contributed by atoms with van der Waals surface area (Å²) in [5, 5.41) is 2.79. The van der Waals surface area contributed by atoms with Crippen LogP contribution in [0.1, 0.15) is 22.3 Å². The van der Waals surface area contributed by atoms with Crippen LogP contribution in [0.2, 0.25) is 0 Å². The Bertz CT molecular complexity index is 846. The van der Waals surface area contributed by atoms with Crippen molar-refractivity contribution in [3.63, 3.8) is 0 Å².